The number of methoxy groups -OCH3 is 2. The summed E-state index contributed by atoms with van der Waals surface area (Å²) in [6.07, 6.45) is 3.69. The Balaban J connectivity index is 2.03. The molecule has 0 spiro atoms. The normalized spacial score (nSPS) is 10.4. The number of benzene rings is 1. The molecule has 2 rings (SSSR count). The van der Waals surface area contributed by atoms with Crippen LogP contribution in [-0.4, -0.2) is 43.2 Å². The van der Waals surface area contributed by atoms with Gasteiger partial charge < -0.3 is 20.1 Å². The summed E-state index contributed by atoms with van der Waals surface area (Å²) in [5.74, 6) is 0.720. The highest BCUT2D eigenvalue weighted by Crippen LogP contribution is 2.32. The van der Waals surface area contributed by atoms with Crippen LogP contribution in [0.4, 0.5) is 11.6 Å². The van der Waals surface area contributed by atoms with Crippen molar-refractivity contribution in [3.05, 3.63) is 40.7 Å². The third kappa shape index (κ3) is 5.30. The minimum absolute atomic E-state index is 0.220. The standard InChI is InChI=1S/C17H21ClN4O3/c1-11-7-14(15(25-3)8-13(11)18)22-17-20-9-12(10-21-17)16(23)19-5-4-6-24-2/h7-10H,4-6H2,1-3H3,(H,19,23)(H,20,21,22). The fourth-order valence-electron chi connectivity index (χ4n) is 2.08. The van der Waals surface area contributed by atoms with E-state index in [2.05, 4.69) is 20.6 Å². The maximum atomic E-state index is 12.0. The number of hydrogen-bond donors (Lipinski definition) is 2. The largest absolute Gasteiger partial charge is 0.495 e. The fourth-order valence-corrected chi connectivity index (χ4v) is 2.23. The van der Waals surface area contributed by atoms with E-state index in [0.717, 1.165) is 12.0 Å². The lowest BCUT2D eigenvalue weighted by Gasteiger charge is -2.12. The Morgan fingerprint density at radius 3 is 2.60 bits per heavy atom. The molecule has 0 aliphatic heterocycles. The molecular weight excluding hydrogens is 344 g/mol. The van der Waals surface area contributed by atoms with Gasteiger partial charge in [-0.3, -0.25) is 4.79 Å². The van der Waals surface area contributed by atoms with Gasteiger partial charge in [0.05, 0.1) is 18.4 Å². The van der Waals surface area contributed by atoms with Crippen LogP contribution in [0, 0.1) is 6.92 Å². The van der Waals surface area contributed by atoms with Gasteiger partial charge >= 0.3 is 0 Å². The molecule has 25 heavy (non-hydrogen) atoms. The van der Waals surface area contributed by atoms with Crippen molar-refractivity contribution in [2.24, 2.45) is 0 Å². The molecule has 0 aliphatic rings. The lowest BCUT2D eigenvalue weighted by Crippen LogP contribution is -2.25. The molecule has 134 valence electrons. The average molecular weight is 365 g/mol. The molecule has 0 saturated carbocycles. The molecule has 2 aromatic rings. The number of carbonyl (C=O) groups excluding carboxylic acids is 1. The summed E-state index contributed by atoms with van der Waals surface area (Å²) < 4.78 is 10.2. The van der Waals surface area contributed by atoms with E-state index >= 15 is 0 Å². The van der Waals surface area contributed by atoms with Crippen LogP contribution in [0.15, 0.2) is 24.5 Å². The molecule has 1 aromatic heterocycles. The number of nitrogens with one attached hydrogen (secondary N) is 2. The van der Waals surface area contributed by atoms with Crippen LogP contribution in [0.3, 0.4) is 0 Å². The van der Waals surface area contributed by atoms with E-state index in [4.69, 9.17) is 21.1 Å². The summed E-state index contributed by atoms with van der Waals surface area (Å²) in [6, 6.07) is 3.57. The molecule has 1 amide bonds. The molecule has 0 saturated heterocycles. The van der Waals surface area contributed by atoms with E-state index in [1.54, 1.807) is 20.3 Å². The highest BCUT2D eigenvalue weighted by molar-refractivity contribution is 6.31. The second-order valence-electron chi connectivity index (χ2n) is 5.32. The highest BCUT2D eigenvalue weighted by atomic mass is 35.5. The van der Waals surface area contributed by atoms with Gasteiger partial charge in [-0.05, 0) is 25.0 Å². The van der Waals surface area contributed by atoms with E-state index in [1.807, 2.05) is 13.0 Å². The highest BCUT2D eigenvalue weighted by Gasteiger charge is 2.10. The van der Waals surface area contributed by atoms with Crippen molar-refractivity contribution < 1.29 is 14.3 Å². The van der Waals surface area contributed by atoms with Gasteiger partial charge in [-0.1, -0.05) is 11.6 Å². The van der Waals surface area contributed by atoms with Gasteiger partial charge in [-0.2, -0.15) is 0 Å². The fraction of sp³-hybridized carbons (Fsp3) is 0.353. The Kier molecular flexibility index (Phi) is 6.97. The number of aryl methyl sites for hydroxylation is 1. The summed E-state index contributed by atoms with van der Waals surface area (Å²) in [7, 11) is 3.18. The van der Waals surface area contributed by atoms with Crippen molar-refractivity contribution in [1.82, 2.24) is 15.3 Å². The molecule has 1 heterocycles. The van der Waals surface area contributed by atoms with Crippen molar-refractivity contribution in [1.29, 1.82) is 0 Å². The first-order valence-corrected chi connectivity index (χ1v) is 8.13. The van der Waals surface area contributed by atoms with E-state index in [0.29, 0.717) is 41.1 Å². The quantitative estimate of drug-likeness (QED) is 0.700. The van der Waals surface area contributed by atoms with Crippen molar-refractivity contribution in [3.8, 4) is 5.75 Å². The maximum Gasteiger partial charge on any atom is 0.254 e. The van der Waals surface area contributed by atoms with Gasteiger partial charge in [-0.15, -0.1) is 0 Å². The molecular formula is C17H21ClN4O3. The predicted octanol–water partition coefficient (Wildman–Crippen LogP) is 2.96. The van der Waals surface area contributed by atoms with E-state index in [9.17, 15) is 4.79 Å². The number of ether oxygens (including phenoxy) is 2. The van der Waals surface area contributed by atoms with Crippen molar-refractivity contribution in [2.45, 2.75) is 13.3 Å². The minimum Gasteiger partial charge on any atom is -0.495 e. The smallest absolute Gasteiger partial charge is 0.254 e. The van der Waals surface area contributed by atoms with Crippen molar-refractivity contribution >= 4 is 29.1 Å². The molecule has 0 radical (unpaired) electrons. The number of halogens is 1. The first-order chi connectivity index (χ1) is 12.0. The van der Waals surface area contributed by atoms with E-state index < -0.39 is 0 Å². The van der Waals surface area contributed by atoms with Gasteiger partial charge in [0.15, 0.2) is 0 Å². The number of hydrogen-bond acceptors (Lipinski definition) is 6. The Bertz CT molecular complexity index is 723. The second-order valence-corrected chi connectivity index (χ2v) is 5.73. The monoisotopic (exact) mass is 364 g/mol. The van der Waals surface area contributed by atoms with Gasteiger partial charge in [0.1, 0.15) is 5.75 Å². The summed E-state index contributed by atoms with van der Waals surface area (Å²) in [6.45, 7) is 3.03. The van der Waals surface area contributed by atoms with E-state index in [1.165, 1.54) is 12.4 Å². The molecule has 0 unspecified atom stereocenters. The van der Waals surface area contributed by atoms with Crippen molar-refractivity contribution in [3.63, 3.8) is 0 Å². The SMILES string of the molecule is COCCCNC(=O)c1cnc(Nc2cc(C)c(Cl)cc2OC)nc1. The number of anilines is 2. The lowest BCUT2D eigenvalue weighted by atomic mass is 10.2. The maximum absolute atomic E-state index is 12.0. The van der Waals surface area contributed by atoms with Crippen LogP contribution in [0.2, 0.25) is 5.02 Å². The zero-order valence-electron chi connectivity index (χ0n) is 14.4. The van der Waals surface area contributed by atoms with Crippen LogP contribution in [0.5, 0.6) is 5.75 Å². The van der Waals surface area contributed by atoms with Crippen LogP contribution in [0.25, 0.3) is 0 Å². The molecule has 2 N–H and O–H groups in total. The molecule has 0 atom stereocenters. The molecule has 0 bridgehead atoms. The molecule has 0 fully saturated rings. The average Bonchev–Trinajstić information content (AvgIpc) is 2.62. The van der Waals surface area contributed by atoms with Gasteiger partial charge in [0, 0.05) is 43.7 Å². The Morgan fingerprint density at radius 2 is 1.96 bits per heavy atom. The summed E-state index contributed by atoms with van der Waals surface area (Å²) >= 11 is 6.09. The topological polar surface area (TPSA) is 85.4 Å². The second kappa shape index (κ2) is 9.19. The summed E-state index contributed by atoms with van der Waals surface area (Å²) in [4.78, 5) is 20.3. The van der Waals surface area contributed by atoms with Crippen LogP contribution in [-0.2, 0) is 4.74 Å². The number of carbonyl (C=O) groups is 1. The van der Waals surface area contributed by atoms with E-state index in [-0.39, 0.29) is 5.91 Å². The van der Waals surface area contributed by atoms with Crippen LogP contribution in [0.1, 0.15) is 22.3 Å². The predicted molar refractivity (Wildman–Crippen MR) is 96.9 cm³/mol. The Labute approximate surface area is 151 Å². The zero-order valence-corrected chi connectivity index (χ0v) is 15.2. The lowest BCUT2D eigenvalue weighted by molar-refractivity contribution is 0.0948. The van der Waals surface area contributed by atoms with Crippen molar-refractivity contribution in [2.75, 3.05) is 32.7 Å². The van der Waals surface area contributed by atoms with Crippen LogP contribution < -0.4 is 15.4 Å². The molecule has 0 aliphatic carbocycles. The Hall–Kier alpha value is -2.38. The first-order valence-electron chi connectivity index (χ1n) is 7.75. The number of rotatable bonds is 8. The first kappa shape index (κ1) is 19.0. The number of nitrogens with zero attached hydrogens (tertiary/aromatic N) is 2. The molecule has 8 heteroatoms. The summed E-state index contributed by atoms with van der Waals surface area (Å²) in [5, 5.41) is 6.46. The third-order valence-electron chi connectivity index (χ3n) is 3.45. The zero-order chi connectivity index (χ0) is 18.2. The van der Waals surface area contributed by atoms with Crippen LogP contribution >= 0.6 is 11.6 Å². The molecule has 1 aromatic carbocycles. The third-order valence-corrected chi connectivity index (χ3v) is 3.86. The van der Waals surface area contributed by atoms with Gasteiger partial charge in [-0.25, -0.2) is 9.97 Å². The number of aromatic nitrogens is 2. The minimum atomic E-state index is -0.220. The molecule has 7 nitrogen and oxygen atoms in total. The summed E-state index contributed by atoms with van der Waals surface area (Å²) in [5.41, 5.74) is 1.99. The number of amides is 1. The Morgan fingerprint density at radius 1 is 1.24 bits per heavy atom. The van der Waals surface area contributed by atoms with Gasteiger partial charge in [0.25, 0.3) is 5.91 Å². The van der Waals surface area contributed by atoms with Gasteiger partial charge in [0.2, 0.25) is 5.95 Å².